The number of benzene rings is 1. The fourth-order valence-corrected chi connectivity index (χ4v) is 2.00. The van der Waals surface area contributed by atoms with Crippen LogP contribution in [0.3, 0.4) is 0 Å². The highest BCUT2D eigenvalue weighted by Gasteiger charge is 2.21. The zero-order chi connectivity index (χ0) is 10.8. The van der Waals surface area contributed by atoms with Gasteiger partial charge in [-0.1, -0.05) is 12.1 Å². The molecule has 0 radical (unpaired) electrons. The van der Waals surface area contributed by atoms with Crippen molar-refractivity contribution >= 4 is 11.6 Å². The van der Waals surface area contributed by atoms with Crippen LogP contribution >= 0.6 is 0 Å². The normalized spacial score (nSPS) is 15.5. The summed E-state index contributed by atoms with van der Waals surface area (Å²) in [6.45, 7) is 0. The summed E-state index contributed by atoms with van der Waals surface area (Å²) in [4.78, 5) is 13.3. The molecule has 0 fully saturated rings. The Morgan fingerprint density at radius 3 is 2.93 bits per heavy atom. The molecule has 1 amide bonds. The molecule has 0 aliphatic carbocycles. The highest BCUT2D eigenvalue weighted by atomic mass is 16.2. The summed E-state index contributed by atoms with van der Waals surface area (Å²) in [7, 11) is 1.74. The Morgan fingerprint density at radius 2 is 2.20 bits per heavy atom. The lowest BCUT2D eigenvalue weighted by Gasteiger charge is -2.18. The fraction of sp³-hybridized carbons (Fsp3) is 0.333. The van der Waals surface area contributed by atoms with Crippen molar-refractivity contribution in [1.82, 2.24) is 0 Å². The van der Waals surface area contributed by atoms with Gasteiger partial charge in [-0.3, -0.25) is 4.79 Å². The van der Waals surface area contributed by atoms with Crippen molar-refractivity contribution in [3.63, 3.8) is 0 Å². The van der Waals surface area contributed by atoms with E-state index >= 15 is 0 Å². The third-order valence-corrected chi connectivity index (χ3v) is 2.79. The van der Waals surface area contributed by atoms with Gasteiger partial charge in [0.1, 0.15) is 6.07 Å². The topological polar surface area (TPSA) is 44.1 Å². The van der Waals surface area contributed by atoms with Gasteiger partial charge in [-0.05, 0) is 24.5 Å². The molecule has 1 aromatic carbocycles. The van der Waals surface area contributed by atoms with Crippen molar-refractivity contribution in [2.24, 2.45) is 0 Å². The molecule has 0 saturated carbocycles. The molecule has 1 aliphatic heterocycles. The van der Waals surface area contributed by atoms with Gasteiger partial charge in [-0.15, -0.1) is 0 Å². The Bertz CT molecular complexity index is 445. The SMILES string of the molecule is CN1C(=O)CCCc2cccc(C#N)c21. The van der Waals surface area contributed by atoms with Gasteiger partial charge in [0, 0.05) is 13.5 Å². The highest BCUT2D eigenvalue weighted by Crippen LogP contribution is 2.29. The minimum Gasteiger partial charge on any atom is -0.314 e. The number of para-hydroxylation sites is 1. The van der Waals surface area contributed by atoms with Crippen LogP contribution in [0.25, 0.3) is 0 Å². The van der Waals surface area contributed by atoms with Gasteiger partial charge in [0.2, 0.25) is 5.91 Å². The Labute approximate surface area is 88.9 Å². The molecule has 3 nitrogen and oxygen atoms in total. The average Bonchev–Trinajstić information content (AvgIpc) is 2.40. The van der Waals surface area contributed by atoms with Crippen LogP contribution in [0.5, 0.6) is 0 Å². The van der Waals surface area contributed by atoms with E-state index in [9.17, 15) is 4.79 Å². The van der Waals surface area contributed by atoms with Crippen LogP contribution < -0.4 is 4.90 Å². The van der Waals surface area contributed by atoms with Gasteiger partial charge in [-0.2, -0.15) is 5.26 Å². The van der Waals surface area contributed by atoms with Gasteiger partial charge in [0.15, 0.2) is 0 Å². The Hall–Kier alpha value is -1.82. The number of carbonyl (C=O) groups excluding carboxylic acids is 1. The lowest BCUT2D eigenvalue weighted by molar-refractivity contribution is -0.118. The first-order valence-corrected chi connectivity index (χ1v) is 5.02. The van der Waals surface area contributed by atoms with Gasteiger partial charge >= 0.3 is 0 Å². The first-order chi connectivity index (χ1) is 7.24. The number of nitrogens with zero attached hydrogens (tertiary/aromatic N) is 2. The maximum Gasteiger partial charge on any atom is 0.226 e. The first kappa shape index (κ1) is 9.72. The molecule has 0 spiro atoms. The van der Waals surface area contributed by atoms with E-state index in [1.54, 1.807) is 18.0 Å². The zero-order valence-electron chi connectivity index (χ0n) is 8.66. The van der Waals surface area contributed by atoms with Crippen molar-refractivity contribution in [2.75, 3.05) is 11.9 Å². The fourth-order valence-electron chi connectivity index (χ4n) is 2.00. The van der Waals surface area contributed by atoms with Crippen LogP contribution in [0.2, 0.25) is 0 Å². The molecule has 3 heteroatoms. The Morgan fingerprint density at radius 1 is 1.40 bits per heavy atom. The van der Waals surface area contributed by atoms with Crippen molar-refractivity contribution in [3.8, 4) is 6.07 Å². The molecule has 0 bridgehead atoms. The van der Waals surface area contributed by atoms with Gasteiger partial charge in [-0.25, -0.2) is 0 Å². The molecule has 1 heterocycles. The molecule has 0 saturated heterocycles. The second-order valence-corrected chi connectivity index (χ2v) is 3.73. The van der Waals surface area contributed by atoms with E-state index in [0.717, 1.165) is 24.1 Å². The van der Waals surface area contributed by atoms with Crippen LogP contribution in [0.1, 0.15) is 24.0 Å². The summed E-state index contributed by atoms with van der Waals surface area (Å²) < 4.78 is 0. The minimum absolute atomic E-state index is 0.0939. The van der Waals surface area contributed by atoms with E-state index < -0.39 is 0 Å². The van der Waals surface area contributed by atoms with E-state index in [2.05, 4.69) is 6.07 Å². The van der Waals surface area contributed by atoms with Crippen molar-refractivity contribution in [3.05, 3.63) is 29.3 Å². The van der Waals surface area contributed by atoms with Gasteiger partial charge < -0.3 is 4.90 Å². The molecular formula is C12H12N2O. The first-order valence-electron chi connectivity index (χ1n) is 5.02. The summed E-state index contributed by atoms with van der Waals surface area (Å²) in [5.74, 6) is 0.0939. The van der Waals surface area contributed by atoms with Crippen LogP contribution in [0, 0.1) is 11.3 Å². The summed E-state index contributed by atoms with van der Waals surface area (Å²) in [6, 6.07) is 7.77. The number of aryl methyl sites for hydroxylation is 1. The predicted octanol–water partition coefficient (Wildman–Crippen LogP) is 1.86. The monoisotopic (exact) mass is 200 g/mol. The van der Waals surface area contributed by atoms with E-state index in [0.29, 0.717) is 12.0 Å². The number of rotatable bonds is 0. The van der Waals surface area contributed by atoms with Crippen molar-refractivity contribution in [1.29, 1.82) is 5.26 Å². The molecule has 0 N–H and O–H groups in total. The molecule has 1 aliphatic rings. The third-order valence-electron chi connectivity index (χ3n) is 2.79. The Kier molecular flexibility index (Phi) is 2.42. The average molecular weight is 200 g/mol. The third kappa shape index (κ3) is 1.59. The van der Waals surface area contributed by atoms with Crippen LogP contribution in [-0.2, 0) is 11.2 Å². The predicted molar refractivity (Wildman–Crippen MR) is 57.5 cm³/mol. The maximum atomic E-state index is 11.7. The van der Waals surface area contributed by atoms with Crippen molar-refractivity contribution in [2.45, 2.75) is 19.3 Å². The summed E-state index contributed by atoms with van der Waals surface area (Å²) >= 11 is 0. The van der Waals surface area contributed by atoms with Crippen LogP contribution in [0.15, 0.2) is 18.2 Å². The number of nitriles is 1. The van der Waals surface area contributed by atoms with E-state index in [4.69, 9.17) is 5.26 Å². The lowest BCUT2D eigenvalue weighted by Crippen LogP contribution is -2.25. The number of anilines is 1. The second kappa shape index (κ2) is 3.74. The number of fused-ring (bicyclic) bond motifs is 1. The van der Waals surface area contributed by atoms with E-state index in [1.807, 2.05) is 12.1 Å². The molecule has 1 aromatic rings. The van der Waals surface area contributed by atoms with Crippen LogP contribution in [-0.4, -0.2) is 13.0 Å². The molecule has 0 aromatic heterocycles. The summed E-state index contributed by atoms with van der Waals surface area (Å²) in [6.07, 6.45) is 2.31. The minimum atomic E-state index is 0.0939. The maximum absolute atomic E-state index is 11.7. The molecule has 0 atom stereocenters. The molecule has 15 heavy (non-hydrogen) atoms. The number of hydrogen-bond acceptors (Lipinski definition) is 2. The van der Waals surface area contributed by atoms with Gasteiger partial charge in [0.25, 0.3) is 0 Å². The molecular weight excluding hydrogens is 188 g/mol. The quantitative estimate of drug-likeness (QED) is 0.641. The zero-order valence-corrected chi connectivity index (χ0v) is 8.66. The van der Waals surface area contributed by atoms with Gasteiger partial charge in [0.05, 0.1) is 11.3 Å². The Balaban J connectivity index is 2.60. The second-order valence-electron chi connectivity index (χ2n) is 3.73. The molecule has 76 valence electrons. The summed E-state index contributed by atoms with van der Waals surface area (Å²) in [5.41, 5.74) is 2.48. The lowest BCUT2D eigenvalue weighted by atomic mass is 10.0. The smallest absolute Gasteiger partial charge is 0.226 e. The molecule has 0 unspecified atom stereocenters. The molecule has 2 rings (SSSR count). The standard InChI is InChI=1S/C12H12N2O/c1-14-11(15)7-3-5-9-4-2-6-10(8-13)12(9)14/h2,4,6H,3,5,7H2,1H3. The number of amides is 1. The van der Waals surface area contributed by atoms with Crippen molar-refractivity contribution < 1.29 is 4.79 Å². The van der Waals surface area contributed by atoms with Crippen LogP contribution in [0.4, 0.5) is 5.69 Å². The highest BCUT2D eigenvalue weighted by molar-refractivity contribution is 5.95. The largest absolute Gasteiger partial charge is 0.314 e. The summed E-state index contributed by atoms with van der Waals surface area (Å²) in [5, 5.41) is 9.00. The van der Waals surface area contributed by atoms with E-state index in [1.165, 1.54) is 0 Å². The van der Waals surface area contributed by atoms with E-state index in [-0.39, 0.29) is 5.91 Å². The number of carbonyl (C=O) groups is 1. The number of hydrogen-bond donors (Lipinski definition) is 0.